The first-order valence-electron chi connectivity index (χ1n) is 4.87. The van der Waals surface area contributed by atoms with E-state index in [1.165, 1.54) is 9.79 Å². The molecule has 0 spiro atoms. The summed E-state index contributed by atoms with van der Waals surface area (Å²) in [5.41, 5.74) is 1.13. The highest BCUT2D eigenvalue weighted by Gasteiger charge is 2.03. The molecule has 2 aromatic rings. The van der Waals surface area contributed by atoms with E-state index in [9.17, 15) is 0 Å². The fraction of sp³-hybridized carbons (Fsp3) is 0.0769. The molecule has 0 atom stereocenters. The van der Waals surface area contributed by atoms with Gasteiger partial charge in [-0.1, -0.05) is 36.0 Å². The van der Waals surface area contributed by atoms with Crippen molar-refractivity contribution in [2.24, 2.45) is 0 Å². The van der Waals surface area contributed by atoms with E-state index < -0.39 is 0 Å². The second kappa shape index (κ2) is 5.76. The molecule has 0 aromatic heterocycles. The lowest BCUT2D eigenvalue weighted by Crippen LogP contribution is -1.80. The van der Waals surface area contributed by atoms with Gasteiger partial charge in [0, 0.05) is 20.1 Å². The maximum Gasteiger partial charge on any atom is 0.0474 e. The lowest BCUT2D eigenvalue weighted by Gasteiger charge is -2.05. The van der Waals surface area contributed by atoms with Crippen LogP contribution in [0.2, 0.25) is 0 Å². The van der Waals surface area contributed by atoms with Crippen molar-refractivity contribution in [2.75, 3.05) is 0 Å². The molecule has 0 saturated carbocycles. The smallest absolute Gasteiger partial charge is 0.0474 e. The molecule has 0 N–H and O–H groups in total. The maximum absolute atomic E-state index is 5.78. The van der Waals surface area contributed by atoms with Crippen molar-refractivity contribution in [3.05, 3.63) is 58.6 Å². The van der Waals surface area contributed by atoms with Crippen molar-refractivity contribution in [1.29, 1.82) is 0 Å². The van der Waals surface area contributed by atoms with Gasteiger partial charge in [-0.05, 0) is 45.8 Å². The van der Waals surface area contributed by atoms with Gasteiger partial charge in [-0.2, -0.15) is 0 Å². The predicted octanol–water partition coefficient (Wildman–Crippen LogP) is 5.34. The minimum atomic E-state index is 0.550. The van der Waals surface area contributed by atoms with E-state index in [1.807, 2.05) is 18.2 Å². The normalized spacial score (nSPS) is 10.4. The largest absolute Gasteiger partial charge is 0.122 e. The number of alkyl halides is 1. The van der Waals surface area contributed by atoms with Crippen LogP contribution < -0.4 is 0 Å². The van der Waals surface area contributed by atoms with Crippen LogP contribution in [0.3, 0.4) is 0 Å². The molecule has 0 aliphatic carbocycles. The van der Waals surface area contributed by atoms with Crippen LogP contribution in [-0.4, -0.2) is 0 Å². The van der Waals surface area contributed by atoms with Crippen molar-refractivity contribution < 1.29 is 0 Å². The Bertz CT molecular complexity index is 471. The van der Waals surface area contributed by atoms with Gasteiger partial charge < -0.3 is 0 Å². The lowest BCUT2D eigenvalue weighted by molar-refractivity contribution is 1.30. The number of halogens is 2. The highest BCUT2D eigenvalue weighted by atomic mass is 79.9. The highest BCUT2D eigenvalue weighted by molar-refractivity contribution is 9.10. The van der Waals surface area contributed by atoms with Crippen LogP contribution in [-0.2, 0) is 5.88 Å². The van der Waals surface area contributed by atoms with Gasteiger partial charge in [0.15, 0.2) is 0 Å². The summed E-state index contributed by atoms with van der Waals surface area (Å²) in [5.74, 6) is 0.550. The standard InChI is InChI=1S/C13H10BrClS/c14-12-8-10(9-15)6-7-13(12)16-11-4-2-1-3-5-11/h1-8H,9H2. The summed E-state index contributed by atoms with van der Waals surface area (Å²) in [7, 11) is 0. The van der Waals surface area contributed by atoms with Crippen LogP contribution in [0.4, 0.5) is 0 Å². The van der Waals surface area contributed by atoms with Crippen LogP contribution in [0.5, 0.6) is 0 Å². The third-order valence-corrected chi connectivity index (χ3v) is 4.43. The molecule has 2 aromatic carbocycles. The minimum Gasteiger partial charge on any atom is -0.122 e. The van der Waals surface area contributed by atoms with E-state index in [-0.39, 0.29) is 0 Å². The van der Waals surface area contributed by atoms with Crippen molar-refractivity contribution in [3.63, 3.8) is 0 Å². The fourth-order valence-corrected chi connectivity index (χ4v) is 3.00. The average Bonchev–Trinajstić information content (AvgIpc) is 2.33. The topological polar surface area (TPSA) is 0 Å². The monoisotopic (exact) mass is 312 g/mol. The summed E-state index contributed by atoms with van der Waals surface area (Å²) in [6, 6.07) is 16.5. The third-order valence-electron chi connectivity index (χ3n) is 2.12. The molecule has 0 heterocycles. The molecule has 0 saturated heterocycles. The highest BCUT2D eigenvalue weighted by Crippen LogP contribution is 2.33. The van der Waals surface area contributed by atoms with E-state index in [0.29, 0.717) is 5.88 Å². The van der Waals surface area contributed by atoms with Crippen LogP contribution >= 0.6 is 39.3 Å². The van der Waals surface area contributed by atoms with Crippen molar-refractivity contribution in [2.45, 2.75) is 15.7 Å². The van der Waals surface area contributed by atoms with Gasteiger partial charge >= 0.3 is 0 Å². The van der Waals surface area contributed by atoms with Gasteiger partial charge in [0.05, 0.1) is 0 Å². The van der Waals surface area contributed by atoms with E-state index >= 15 is 0 Å². The maximum atomic E-state index is 5.78. The summed E-state index contributed by atoms with van der Waals surface area (Å²) < 4.78 is 1.10. The quantitative estimate of drug-likeness (QED) is 0.689. The van der Waals surface area contributed by atoms with E-state index in [2.05, 4.69) is 46.3 Å². The first kappa shape index (κ1) is 12.0. The summed E-state index contributed by atoms with van der Waals surface area (Å²) in [5, 5.41) is 0. The van der Waals surface area contributed by atoms with Crippen LogP contribution in [0.1, 0.15) is 5.56 Å². The first-order chi connectivity index (χ1) is 7.79. The first-order valence-corrected chi connectivity index (χ1v) is 7.01. The SMILES string of the molecule is ClCc1ccc(Sc2ccccc2)c(Br)c1. The summed E-state index contributed by atoms with van der Waals surface area (Å²) in [4.78, 5) is 2.45. The van der Waals surface area contributed by atoms with E-state index in [0.717, 1.165) is 10.0 Å². The molecule has 0 amide bonds. The molecule has 2 rings (SSSR count). The Labute approximate surface area is 113 Å². The molecular formula is C13H10BrClS. The zero-order valence-corrected chi connectivity index (χ0v) is 11.6. The average molecular weight is 314 g/mol. The van der Waals surface area contributed by atoms with Gasteiger partial charge in [0.1, 0.15) is 0 Å². The molecule has 82 valence electrons. The van der Waals surface area contributed by atoms with Crippen LogP contribution in [0.25, 0.3) is 0 Å². The Morgan fingerprint density at radius 2 is 1.81 bits per heavy atom. The summed E-state index contributed by atoms with van der Waals surface area (Å²) in [6.07, 6.45) is 0. The Hall–Kier alpha value is -0.440. The van der Waals surface area contributed by atoms with Crippen molar-refractivity contribution in [1.82, 2.24) is 0 Å². The molecule has 0 nitrogen and oxygen atoms in total. The molecule has 3 heteroatoms. The molecule has 0 radical (unpaired) electrons. The van der Waals surface area contributed by atoms with Gasteiger partial charge in [0.25, 0.3) is 0 Å². The molecule has 16 heavy (non-hydrogen) atoms. The fourth-order valence-electron chi connectivity index (χ4n) is 1.33. The zero-order chi connectivity index (χ0) is 11.4. The minimum absolute atomic E-state index is 0.550. The Morgan fingerprint density at radius 1 is 1.06 bits per heavy atom. The molecule has 0 unspecified atom stereocenters. The van der Waals surface area contributed by atoms with Crippen molar-refractivity contribution in [3.8, 4) is 0 Å². The lowest BCUT2D eigenvalue weighted by atomic mass is 10.2. The van der Waals surface area contributed by atoms with Gasteiger partial charge in [-0.15, -0.1) is 11.6 Å². The Morgan fingerprint density at radius 3 is 2.44 bits per heavy atom. The summed E-state index contributed by atoms with van der Waals surface area (Å²) in [6.45, 7) is 0. The number of hydrogen-bond acceptors (Lipinski definition) is 1. The predicted molar refractivity (Wildman–Crippen MR) is 74.3 cm³/mol. The number of rotatable bonds is 3. The van der Waals surface area contributed by atoms with Crippen molar-refractivity contribution >= 4 is 39.3 Å². The van der Waals surface area contributed by atoms with Crippen LogP contribution in [0.15, 0.2) is 62.8 Å². The molecule has 0 bridgehead atoms. The van der Waals surface area contributed by atoms with E-state index in [1.54, 1.807) is 11.8 Å². The van der Waals surface area contributed by atoms with E-state index in [4.69, 9.17) is 11.6 Å². The second-order valence-electron chi connectivity index (χ2n) is 3.31. The molecular weight excluding hydrogens is 304 g/mol. The Kier molecular flexibility index (Phi) is 4.33. The molecule has 0 fully saturated rings. The Balaban J connectivity index is 2.22. The van der Waals surface area contributed by atoms with Crippen LogP contribution in [0, 0.1) is 0 Å². The van der Waals surface area contributed by atoms with Gasteiger partial charge in [0.2, 0.25) is 0 Å². The zero-order valence-electron chi connectivity index (χ0n) is 8.49. The van der Waals surface area contributed by atoms with Gasteiger partial charge in [-0.3, -0.25) is 0 Å². The summed E-state index contributed by atoms with van der Waals surface area (Å²) >= 11 is 11.1. The number of benzene rings is 2. The molecule has 0 aliphatic rings. The van der Waals surface area contributed by atoms with Gasteiger partial charge in [-0.25, -0.2) is 0 Å². The molecule has 0 aliphatic heterocycles. The third kappa shape index (κ3) is 3.03. The second-order valence-corrected chi connectivity index (χ2v) is 5.55. The number of hydrogen-bond donors (Lipinski definition) is 0.